The zero-order chi connectivity index (χ0) is 18.0. The number of likely N-dealkylation sites (tertiary alicyclic amines) is 1. The number of hydrogen-bond acceptors (Lipinski definition) is 4. The van der Waals surface area contributed by atoms with Crippen LogP contribution in [0.25, 0.3) is 0 Å². The van der Waals surface area contributed by atoms with Gasteiger partial charge in [0.1, 0.15) is 12.4 Å². The largest absolute Gasteiger partial charge is 0.490 e. The van der Waals surface area contributed by atoms with Crippen LogP contribution in [0, 0.1) is 11.3 Å². The first-order valence-electron chi connectivity index (χ1n) is 8.42. The van der Waals surface area contributed by atoms with Crippen LogP contribution >= 0.6 is 11.6 Å². The predicted molar refractivity (Wildman–Crippen MR) is 92.1 cm³/mol. The fourth-order valence-electron chi connectivity index (χ4n) is 3.99. The van der Waals surface area contributed by atoms with Gasteiger partial charge in [-0.1, -0.05) is 18.0 Å². The first kappa shape index (κ1) is 18.0. The third-order valence-electron chi connectivity index (χ3n) is 5.30. The Bertz CT molecular complexity index is 679. The van der Waals surface area contributed by atoms with E-state index in [0.717, 1.165) is 12.8 Å². The van der Waals surface area contributed by atoms with Crippen molar-refractivity contribution in [3.63, 3.8) is 0 Å². The molecule has 7 heteroatoms. The lowest BCUT2D eigenvalue weighted by Gasteiger charge is -2.23. The number of carbonyl (C=O) groups is 2. The second-order valence-corrected chi connectivity index (χ2v) is 7.15. The van der Waals surface area contributed by atoms with Crippen molar-refractivity contribution in [2.24, 2.45) is 11.3 Å². The molecule has 0 bridgehead atoms. The molecule has 0 unspecified atom stereocenters. The summed E-state index contributed by atoms with van der Waals surface area (Å²) in [7, 11) is 1.58. The summed E-state index contributed by atoms with van der Waals surface area (Å²) in [4.78, 5) is 26.5. The highest BCUT2D eigenvalue weighted by Crippen LogP contribution is 2.49. The zero-order valence-corrected chi connectivity index (χ0v) is 14.9. The monoisotopic (exact) mass is 367 g/mol. The molecule has 1 saturated heterocycles. The number of amides is 1. The van der Waals surface area contributed by atoms with Crippen molar-refractivity contribution in [1.82, 2.24) is 4.90 Å². The minimum Gasteiger partial charge on any atom is -0.490 e. The Morgan fingerprint density at radius 3 is 2.88 bits per heavy atom. The number of fused-ring (bicyclic) bond motifs is 1. The van der Waals surface area contributed by atoms with Crippen molar-refractivity contribution in [3.05, 3.63) is 28.8 Å². The topological polar surface area (TPSA) is 76.1 Å². The molecule has 2 fully saturated rings. The van der Waals surface area contributed by atoms with Gasteiger partial charge in [0.15, 0.2) is 0 Å². The summed E-state index contributed by atoms with van der Waals surface area (Å²) in [6, 6.07) is 4.90. The molecule has 1 aromatic carbocycles. The molecule has 2 aliphatic rings. The number of rotatable bonds is 6. The van der Waals surface area contributed by atoms with E-state index in [9.17, 15) is 14.7 Å². The van der Waals surface area contributed by atoms with E-state index >= 15 is 0 Å². The summed E-state index contributed by atoms with van der Waals surface area (Å²) in [5, 5.41) is 10.1. The fourth-order valence-corrected chi connectivity index (χ4v) is 4.17. The SMILES string of the molecule is COCCOc1ccc(Cl)cc1C(=O)N1C[C@@H]2CCC[C@@]2(C(=O)O)C1. The average Bonchev–Trinajstić information content (AvgIpc) is 3.14. The van der Waals surface area contributed by atoms with Gasteiger partial charge < -0.3 is 19.5 Å². The number of carbonyl (C=O) groups excluding carboxylic acids is 1. The number of carboxylic acids is 1. The van der Waals surface area contributed by atoms with Crippen LogP contribution < -0.4 is 4.74 Å². The third kappa shape index (κ3) is 3.33. The molecule has 25 heavy (non-hydrogen) atoms. The Hall–Kier alpha value is -1.79. The molecule has 1 N–H and O–H groups in total. The normalized spacial score (nSPS) is 25.0. The Labute approximate surface area is 151 Å². The van der Waals surface area contributed by atoms with Gasteiger partial charge in [0.05, 0.1) is 17.6 Å². The molecule has 1 aliphatic heterocycles. The van der Waals surface area contributed by atoms with Crippen molar-refractivity contribution < 1.29 is 24.2 Å². The molecule has 0 spiro atoms. The smallest absolute Gasteiger partial charge is 0.311 e. The van der Waals surface area contributed by atoms with E-state index in [4.69, 9.17) is 21.1 Å². The van der Waals surface area contributed by atoms with Crippen molar-refractivity contribution in [2.45, 2.75) is 19.3 Å². The summed E-state index contributed by atoms with van der Waals surface area (Å²) >= 11 is 6.06. The molecule has 2 atom stereocenters. The van der Waals surface area contributed by atoms with Gasteiger partial charge in [-0.2, -0.15) is 0 Å². The van der Waals surface area contributed by atoms with Crippen LogP contribution in [-0.4, -0.2) is 55.3 Å². The quantitative estimate of drug-likeness (QED) is 0.782. The Kier molecular flexibility index (Phi) is 5.20. The number of ether oxygens (including phenoxy) is 2. The van der Waals surface area contributed by atoms with Crippen LogP contribution in [0.4, 0.5) is 0 Å². The number of halogens is 1. The molecule has 6 nitrogen and oxygen atoms in total. The lowest BCUT2D eigenvalue weighted by atomic mass is 9.81. The van der Waals surface area contributed by atoms with E-state index in [1.807, 2.05) is 0 Å². The van der Waals surface area contributed by atoms with Crippen LogP contribution in [0.2, 0.25) is 5.02 Å². The first-order chi connectivity index (χ1) is 12.0. The minimum absolute atomic E-state index is 0.0194. The molecule has 1 saturated carbocycles. The van der Waals surface area contributed by atoms with E-state index in [0.29, 0.717) is 42.5 Å². The van der Waals surface area contributed by atoms with Gasteiger partial charge in [0.25, 0.3) is 5.91 Å². The molecule has 1 aliphatic carbocycles. The molecule has 1 aromatic rings. The number of nitrogens with zero attached hydrogens (tertiary/aromatic N) is 1. The van der Waals surface area contributed by atoms with Gasteiger partial charge >= 0.3 is 5.97 Å². The maximum Gasteiger partial charge on any atom is 0.311 e. The van der Waals surface area contributed by atoms with Gasteiger partial charge in [-0.15, -0.1) is 0 Å². The number of carboxylic acid groups (broad SMARTS) is 1. The number of benzene rings is 1. The van der Waals surface area contributed by atoms with E-state index in [1.54, 1.807) is 30.2 Å². The van der Waals surface area contributed by atoms with Crippen molar-refractivity contribution in [2.75, 3.05) is 33.4 Å². The van der Waals surface area contributed by atoms with Crippen molar-refractivity contribution in [3.8, 4) is 5.75 Å². The third-order valence-corrected chi connectivity index (χ3v) is 5.54. The summed E-state index contributed by atoms with van der Waals surface area (Å²) in [6.07, 6.45) is 2.38. The van der Waals surface area contributed by atoms with Crippen LogP contribution in [0.5, 0.6) is 5.75 Å². The Morgan fingerprint density at radius 2 is 2.20 bits per heavy atom. The summed E-state index contributed by atoms with van der Waals surface area (Å²) in [6.45, 7) is 1.44. The number of methoxy groups -OCH3 is 1. The molecule has 0 aromatic heterocycles. The lowest BCUT2D eigenvalue weighted by molar-refractivity contribution is -0.149. The van der Waals surface area contributed by atoms with E-state index in [-0.39, 0.29) is 18.4 Å². The lowest BCUT2D eigenvalue weighted by Crippen LogP contribution is -2.37. The molecule has 0 radical (unpaired) electrons. The van der Waals surface area contributed by atoms with E-state index < -0.39 is 11.4 Å². The average molecular weight is 368 g/mol. The second kappa shape index (κ2) is 7.22. The van der Waals surface area contributed by atoms with E-state index in [2.05, 4.69) is 0 Å². The van der Waals surface area contributed by atoms with Crippen LogP contribution in [0.1, 0.15) is 29.6 Å². The van der Waals surface area contributed by atoms with Gasteiger partial charge in [0, 0.05) is 25.2 Å². The highest BCUT2D eigenvalue weighted by atomic mass is 35.5. The second-order valence-electron chi connectivity index (χ2n) is 6.72. The minimum atomic E-state index is -0.800. The molecular weight excluding hydrogens is 346 g/mol. The zero-order valence-electron chi connectivity index (χ0n) is 14.2. The fraction of sp³-hybridized carbons (Fsp3) is 0.556. The van der Waals surface area contributed by atoms with Gasteiger partial charge in [0.2, 0.25) is 0 Å². The first-order valence-corrected chi connectivity index (χ1v) is 8.79. The highest BCUT2D eigenvalue weighted by molar-refractivity contribution is 6.31. The van der Waals surface area contributed by atoms with Gasteiger partial charge in [-0.3, -0.25) is 9.59 Å². The summed E-state index contributed by atoms with van der Waals surface area (Å²) < 4.78 is 10.6. The maximum atomic E-state index is 13.0. The van der Waals surface area contributed by atoms with Crippen LogP contribution in [0.3, 0.4) is 0 Å². The van der Waals surface area contributed by atoms with Gasteiger partial charge in [-0.05, 0) is 37.0 Å². The number of hydrogen-bond donors (Lipinski definition) is 1. The standard InChI is InChI=1S/C18H22ClNO5/c1-24-7-8-25-15-5-4-13(19)9-14(15)16(21)20-10-12-3-2-6-18(12,11-20)17(22)23/h4-5,9,12H,2-3,6-8,10-11H2,1H3,(H,22,23)/t12-,18+/m0/s1. The molecule has 3 rings (SSSR count). The van der Waals surface area contributed by atoms with Crippen molar-refractivity contribution in [1.29, 1.82) is 0 Å². The molecule has 1 heterocycles. The summed E-state index contributed by atoms with van der Waals surface area (Å²) in [5.41, 5.74) is -0.435. The molecular formula is C18H22ClNO5. The van der Waals surface area contributed by atoms with Gasteiger partial charge in [-0.25, -0.2) is 0 Å². The van der Waals surface area contributed by atoms with Crippen molar-refractivity contribution >= 4 is 23.5 Å². The van der Waals surface area contributed by atoms with Crippen LogP contribution in [-0.2, 0) is 9.53 Å². The Morgan fingerprint density at radius 1 is 1.40 bits per heavy atom. The Balaban J connectivity index is 1.82. The number of aliphatic carboxylic acids is 1. The predicted octanol–water partition coefficient (Wildman–Crippen LogP) is 2.69. The highest BCUT2D eigenvalue weighted by Gasteiger charge is 2.55. The maximum absolute atomic E-state index is 13.0. The molecule has 1 amide bonds. The van der Waals surface area contributed by atoms with Crippen LogP contribution in [0.15, 0.2) is 18.2 Å². The van der Waals surface area contributed by atoms with E-state index in [1.165, 1.54) is 0 Å². The molecule has 136 valence electrons. The summed E-state index contributed by atoms with van der Waals surface area (Å²) in [5.74, 6) is -0.572.